The van der Waals surface area contributed by atoms with Gasteiger partial charge in [-0.1, -0.05) is 73.6 Å². The van der Waals surface area contributed by atoms with Crippen LogP contribution in [-0.4, -0.2) is 25.4 Å². The maximum Gasteiger partial charge on any atom is 0.0496 e. The van der Waals surface area contributed by atoms with Crippen molar-refractivity contribution in [1.82, 2.24) is 0 Å². The molecule has 0 aromatic heterocycles. The zero-order valence-electron chi connectivity index (χ0n) is 16.1. The highest BCUT2D eigenvalue weighted by Crippen LogP contribution is 2.03. The molecule has 0 aliphatic rings. The molecule has 0 fully saturated rings. The van der Waals surface area contributed by atoms with Crippen LogP contribution in [0.3, 0.4) is 0 Å². The molecule has 0 amide bonds. The predicted octanol–water partition coefficient (Wildman–Crippen LogP) is 6.31. The molecule has 0 unspecified atom stereocenters. The molecule has 0 aliphatic carbocycles. The molecule has 0 bridgehead atoms. The molecule has 0 saturated carbocycles. The third-order valence-electron chi connectivity index (χ3n) is 3.69. The molecule has 0 heterocycles. The van der Waals surface area contributed by atoms with Crippen molar-refractivity contribution in [2.45, 2.75) is 64.2 Å². The summed E-state index contributed by atoms with van der Waals surface area (Å²) in [5, 5.41) is 8.69. The lowest BCUT2D eigenvalue weighted by Crippen LogP contribution is -1.83. The Morgan fingerprint density at radius 1 is 0.560 bits per heavy atom. The number of hydrogen-bond acceptors (Lipinski definition) is 2. The summed E-state index contributed by atoms with van der Waals surface area (Å²) in [6, 6.07) is 0. The van der Waals surface area contributed by atoms with Crippen LogP contribution in [0.4, 0.5) is 0 Å². The summed E-state index contributed by atoms with van der Waals surface area (Å²) in [4.78, 5) is 0. The summed E-state index contributed by atoms with van der Waals surface area (Å²) in [6.45, 7) is 1.13. The molecule has 0 aromatic rings. The van der Waals surface area contributed by atoms with Gasteiger partial charge in [0, 0.05) is 20.3 Å². The first-order valence-corrected chi connectivity index (χ1v) is 9.76. The van der Waals surface area contributed by atoms with E-state index in [2.05, 4.69) is 60.8 Å². The van der Waals surface area contributed by atoms with Gasteiger partial charge in [0.25, 0.3) is 0 Å². The molecule has 2 heteroatoms. The van der Waals surface area contributed by atoms with E-state index >= 15 is 0 Å². The molecule has 0 saturated heterocycles. The van der Waals surface area contributed by atoms with Gasteiger partial charge in [-0.2, -0.15) is 0 Å². The third-order valence-corrected chi connectivity index (χ3v) is 3.69. The van der Waals surface area contributed by atoms with Crippen LogP contribution >= 0.6 is 0 Å². The van der Waals surface area contributed by atoms with Gasteiger partial charge < -0.3 is 9.84 Å². The predicted molar refractivity (Wildman–Crippen MR) is 111 cm³/mol. The van der Waals surface area contributed by atoms with Crippen LogP contribution in [0, 0.1) is 0 Å². The fourth-order valence-electron chi connectivity index (χ4n) is 2.23. The topological polar surface area (TPSA) is 29.5 Å². The van der Waals surface area contributed by atoms with Gasteiger partial charge in [-0.3, -0.25) is 0 Å². The molecule has 142 valence electrons. The highest BCUT2D eigenvalue weighted by molar-refractivity contribution is 5.00. The van der Waals surface area contributed by atoms with Crippen LogP contribution in [0.5, 0.6) is 0 Å². The lowest BCUT2D eigenvalue weighted by Gasteiger charge is -1.95. The molecule has 0 aliphatic heterocycles. The van der Waals surface area contributed by atoms with Crippen molar-refractivity contribution in [2.24, 2.45) is 0 Å². The van der Waals surface area contributed by atoms with Gasteiger partial charge in [0.2, 0.25) is 0 Å². The molecule has 0 rings (SSSR count). The lowest BCUT2D eigenvalue weighted by molar-refractivity contribution is 0.204. The first-order valence-electron chi connectivity index (χ1n) is 9.76. The van der Waals surface area contributed by atoms with Crippen molar-refractivity contribution >= 4 is 0 Å². The largest absolute Gasteiger partial charge is 0.396 e. The summed E-state index contributed by atoms with van der Waals surface area (Å²) in [5.41, 5.74) is 0. The van der Waals surface area contributed by atoms with Gasteiger partial charge in [0.1, 0.15) is 0 Å². The summed E-state index contributed by atoms with van der Waals surface area (Å²) >= 11 is 0. The van der Waals surface area contributed by atoms with E-state index in [0.717, 1.165) is 58.0 Å². The fraction of sp³-hybridized carbons (Fsp3) is 0.565. The Balaban J connectivity index is 3.40. The minimum Gasteiger partial charge on any atom is -0.396 e. The quantitative estimate of drug-likeness (QED) is 0.247. The van der Waals surface area contributed by atoms with Crippen LogP contribution in [0.1, 0.15) is 64.2 Å². The standard InChI is InChI=1S/C23H38O2/c1-25-23-21-19-17-15-13-11-9-7-5-3-2-4-6-8-10-12-14-16-18-20-22-24/h2,4-5,7-8,10-11,13,17,19,24H,3,6,9,12,14-16,18,20-23H2,1H3. The molecule has 25 heavy (non-hydrogen) atoms. The van der Waals surface area contributed by atoms with Crippen molar-refractivity contribution in [3.8, 4) is 0 Å². The Hall–Kier alpha value is -1.38. The molecular formula is C23H38O2. The van der Waals surface area contributed by atoms with Crippen LogP contribution in [-0.2, 0) is 4.74 Å². The zero-order valence-corrected chi connectivity index (χ0v) is 16.1. The molecule has 0 radical (unpaired) electrons. The van der Waals surface area contributed by atoms with Crippen LogP contribution in [0.15, 0.2) is 60.8 Å². The Morgan fingerprint density at radius 2 is 1.00 bits per heavy atom. The van der Waals surface area contributed by atoms with E-state index in [1.165, 1.54) is 12.8 Å². The Labute approximate surface area is 155 Å². The smallest absolute Gasteiger partial charge is 0.0496 e. The molecule has 2 nitrogen and oxygen atoms in total. The Kier molecular flexibility index (Phi) is 21.4. The van der Waals surface area contributed by atoms with Gasteiger partial charge in [0.05, 0.1) is 0 Å². The van der Waals surface area contributed by atoms with Crippen molar-refractivity contribution in [3.05, 3.63) is 60.8 Å². The number of rotatable bonds is 17. The zero-order chi connectivity index (χ0) is 18.3. The van der Waals surface area contributed by atoms with Gasteiger partial charge in [-0.15, -0.1) is 0 Å². The van der Waals surface area contributed by atoms with Crippen molar-refractivity contribution in [1.29, 1.82) is 0 Å². The van der Waals surface area contributed by atoms with Crippen LogP contribution < -0.4 is 0 Å². The maximum absolute atomic E-state index is 8.69. The van der Waals surface area contributed by atoms with Crippen LogP contribution in [0.25, 0.3) is 0 Å². The average Bonchev–Trinajstić information content (AvgIpc) is 2.63. The molecule has 0 spiro atoms. The Morgan fingerprint density at radius 3 is 1.48 bits per heavy atom. The molecule has 0 aromatic carbocycles. The van der Waals surface area contributed by atoms with Gasteiger partial charge in [0.15, 0.2) is 0 Å². The van der Waals surface area contributed by atoms with E-state index in [9.17, 15) is 0 Å². The first kappa shape index (κ1) is 23.6. The van der Waals surface area contributed by atoms with E-state index in [4.69, 9.17) is 9.84 Å². The van der Waals surface area contributed by atoms with Crippen molar-refractivity contribution < 1.29 is 9.84 Å². The second-order valence-corrected chi connectivity index (χ2v) is 6.01. The van der Waals surface area contributed by atoms with Gasteiger partial charge >= 0.3 is 0 Å². The van der Waals surface area contributed by atoms with E-state index in [1.807, 2.05) is 0 Å². The molecule has 1 N–H and O–H groups in total. The van der Waals surface area contributed by atoms with Crippen LogP contribution in [0.2, 0.25) is 0 Å². The highest BCUT2D eigenvalue weighted by Gasteiger charge is 1.86. The van der Waals surface area contributed by atoms with Crippen molar-refractivity contribution in [2.75, 3.05) is 20.3 Å². The Bertz CT molecular complexity index is 389. The highest BCUT2D eigenvalue weighted by atomic mass is 16.5. The third kappa shape index (κ3) is 22.6. The first-order chi connectivity index (χ1) is 12.4. The number of unbranched alkanes of at least 4 members (excludes halogenated alkanes) is 4. The van der Waals surface area contributed by atoms with E-state index < -0.39 is 0 Å². The number of hydrogen-bond donors (Lipinski definition) is 1. The second-order valence-electron chi connectivity index (χ2n) is 6.01. The minimum absolute atomic E-state index is 0.331. The second kappa shape index (κ2) is 22.6. The summed E-state index contributed by atoms with van der Waals surface area (Å²) in [7, 11) is 1.73. The van der Waals surface area contributed by atoms with Crippen molar-refractivity contribution in [3.63, 3.8) is 0 Å². The fourth-order valence-corrected chi connectivity index (χ4v) is 2.23. The van der Waals surface area contributed by atoms with E-state index in [-0.39, 0.29) is 0 Å². The average molecular weight is 347 g/mol. The minimum atomic E-state index is 0.331. The molecule has 0 atom stereocenters. The lowest BCUT2D eigenvalue weighted by atomic mass is 10.1. The van der Waals surface area contributed by atoms with Gasteiger partial charge in [-0.05, 0) is 51.4 Å². The maximum atomic E-state index is 8.69. The van der Waals surface area contributed by atoms with E-state index in [0.29, 0.717) is 6.61 Å². The summed E-state index contributed by atoms with van der Waals surface area (Å²) < 4.78 is 4.99. The number of methoxy groups -OCH3 is 1. The monoisotopic (exact) mass is 346 g/mol. The summed E-state index contributed by atoms with van der Waals surface area (Å²) in [6.07, 6.45) is 33.0. The normalized spacial score (nSPS) is 12.9. The number of aliphatic hydroxyl groups is 1. The number of aliphatic hydroxyl groups excluding tert-OH is 1. The number of ether oxygens (including phenoxy) is 1. The SMILES string of the molecule is COCCC=CCC=CCC=CCC=CCC=CCCCCCCO. The van der Waals surface area contributed by atoms with E-state index in [1.54, 1.807) is 7.11 Å². The van der Waals surface area contributed by atoms with Gasteiger partial charge in [-0.25, -0.2) is 0 Å². The number of allylic oxidation sites excluding steroid dienone is 9. The molecular weight excluding hydrogens is 308 g/mol. The summed E-state index contributed by atoms with van der Waals surface area (Å²) in [5.74, 6) is 0.